The molecule has 1 saturated heterocycles. The van der Waals surface area contributed by atoms with E-state index in [4.69, 9.17) is 0 Å². The number of aliphatic hydroxyl groups is 1. The molecule has 0 unspecified atom stereocenters. The number of piperidine rings is 1. The lowest BCUT2D eigenvalue weighted by atomic mass is 9.89. The van der Waals surface area contributed by atoms with Crippen LogP contribution in [-0.4, -0.2) is 48.8 Å². The smallest absolute Gasteiger partial charge is 0.291 e. The SMILES string of the molecule is O=C(c1nnc2n1CCCCC2)N1CCC([C@H](O)c2ccccn2)CC1. The Balaban J connectivity index is 1.40. The molecule has 1 fully saturated rings. The number of amides is 1. The van der Waals surface area contributed by atoms with Gasteiger partial charge < -0.3 is 14.6 Å². The summed E-state index contributed by atoms with van der Waals surface area (Å²) < 4.78 is 2.00. The van der Waals surface area contributed by atoms with Gasteiger partial charge in [-0.1, -0.05) is 12.5 Å². The van der Waals surface area contributed by atoms with Gasteiger partial charge in [0.25, 0.3) is 5.91 Å². The minimum atomic E-state index is -0.571. The third-order valence-corrected chi connectivity index (χ3v) is 5.56. The number of aromatic nitrogens is 4. The zero-order valence-electron chi connectivity index (χ0n) is 14.9. The lowest BCUT2D eigenvalue weighted by molar-refractivity contribution is 0.0436. The molecule has 0 bridgehead atoms. The van der Waals surface area contributed by atoms with Crippen molar-refractivity contribution in [1.29, 1.82) is 0 Å². The average Bonchev–Trinajstić information content (AvgIpc) is 2.96. The zero-order chi connectivity index (χ0) is 17.9. The maximum atomic E-state index is 12.9. The highest BCUT2D eigenvalue weighted by Crippen LogP contribution is 2.30. The molecule has 2 aliphatic rings. The average molecular weight is 355 g/mol. The molecule has 138 valence electrons. The van der Waals surface area contributed by atoms with Gasteiger partial charge in [0.1, 0.15) is 5.82 Å². The van der Waals surface area contributed by atoms with E-state index in [1.807, 2.05) is 27.7 Å². The first kappa shape index (κ1) is 17.1. The van der Waals surface area contributed by atoms with Gasteiger partial charge >= 0.3 is 0 Å². The number of hydrogen-bond acceptors (Lipinski definition) is 5. The zero-order valence-corrected chi connectivity index (χ0v) is 14.9. The molecule has 2 aromatic heterocycles. The summed E-state index contributed by atoms with van der Waals surface area (Å²) in [5, 5.41) is 19.0. The van der Waals surface area contributed by atoms with E-state index in [0.29, 0.717) is 24.6 Å². The van der Waals surface area contributed by atoms with Gasteiger partial charge in [0.2, 0.25) is 5.82 Å². The fraction of sp³-hybridized carbons (Fsp3) is 0.579. The van der Waals surface area contributed by atoms with Gasteiger partial charge in [0, 0.05) is 32.3 Å². The quantitative estimate of drug-likeness (QED) is 0.910. The standard InChI is InChI=1S/C19H25N5O2/c25-17(15-6-3-4-10-20-15)14-8-12-23(13-9-14)19(26)18-22-21-16-7-2-1-5-11-24(16)18/h3-4,6,10,14,17,25H,1-2,5,7-9,11-13H2/t17-/m0/s1. The summed E-state index contributed by atoms with van der Waals surface area (Å²) >= 11 is 0. The van der Waals surface area contributed by atoms with Gasteiger partial charge in [0.15, 0.2) is 0 Å². The van der Waals surface area contributed by atoms with Gasteiger partial charge in [-0.3, -0.25) is 9.78 Å². The molecule has 2 aliphatic heterocycles. The number of hydrogen-bond donors (Lipinski definition) is 1. The van der Waals surface area contributed by atoms with Crippen LogP contribution in [0.5, 0.6) is 0 Å². The van der Waals surface area contributed by atoms with Crippen molar-refractivity contribution >= 4 is 5.91 Å². The summed E-state index contributed by atoms with van der Waals surface area (Å²) in [6, 6.07) is 5.59. The summed E-state index contributed by atoms with van der Waals surface area (Å²) in [4.78, 5) is 19.0. The Morgan fingerprint density at radius 2 is 1.96 bits per heavy atom. The number of rotatable bonds is 3. The molecule has 0 saturated carbocycles. The van der Waals surface area contributed by atoms with Crippen LogP contribution in [0.3, 0.4) is 0 Å². The van der Waals surface area contributed by atoms with E-state index < -0.39 is 6.10 Å². The molecule has 26 heavy (non-hydrogen) atoms. The van der Waals surface area contributed by atoms with Gasteiger partial charge in [0.05, 0.1) is 11.8 Å². The van der Waals surface area contributed by atoms with E-state index >= 15 is 0 Å². The molecule has 7 nitrogen and oxygen atoms in total. The fourth-order valence-electron chi connectivity index (χ4n) is 4.00. The van der Waals surface area contributed by atoms with Crippen molar-refractivity contribution in [3.05, 3.63) is 41.7 Å². The first-order valence-corrected chi connectivity index (χ1v) is 9.54. The fourth-order valence-corrected chi connectivity index (χ4v) is 4.00. The maximum Gasteiger partial charge on any atom is 0.291 e. The van der Waals surface area contributed by atoms with E-state index in [9.17, 15) is 9.90 Å². The van der Waals surface area contributed by atoms with E-state index in [1.165, 1.54) is 6.42 Å². The first-order chi connectivity index (χ1) is 12.7. The molecule has 4 rings (SSSR count). The van der Waals surface area contributed by atoms with Crippen LogP contribution < -0.4 is 0 Å². The summed E-state index contributed by atoms with van der Waals surface area (Å²) in [5.41, 5.74) is 0.708. The predicted molar refractivity (Wildman–Crippen MR) is 95.4 cm³/mol. The van der Waals surface area contributed by atoms with Gasteiger partial charge in [-0.05, 0) is 43.7 Å². The number of likely N-dealkylation sites (tertiary alicyclic amines) is 1. The number of nitrogens with zero attached hydrogens (tertiary/aromatic N) is 5. The molecule has 0 aliphatic carbocycles. The van der Waals surface area contributed by atoms with Crippen LogP contribution in [0.25, 0.3) is 0 Å². The lowest BCUT2D eigenvalue weighted by Crippen LogP contribution is -2.41. The molecule has 7 heteroatoms. The van der Waals surface area contributed by atoms with Crippen molar-refractivity contribution in [2.75, 3.05) is 13.1 Å². The summed E-state index contributed by atoms with van der Waals surface area (Å²) in [7, 11) is 0. The van der Waals surface area contributed by atoms with Crippen LogP contribution in [0.15, 0.2) is 24.4 Å². The van der Waals surface area contributed by atoms with Crippen LogP contribution in [0.2, 0.25) is 0 Å². The van der Waals surface area contributed by atoms with Crippen molar-refractivity contribution < 1.29 is 9.90 Å². The Morgan fingerprint density at radius 1 is 1.12 bits per heavy atom. The second-order valence-corrected chi connectivity index (χ2v) is 7.23. The first-order valence-electron chi connectivity index (χ1n) is 9.54. The van der Waals surface area contributed by atoms with Crippen molar-refractivity contribution in [2.45, 2.75) is 51.2 Å². The number of fused-ring (bicyclic) bond motifs is 1. The van der Waals surface area contributed by atoms with E-state index in [2.05, 4.69) is 15.2 Å². The normalized spacial score (nSPS) is 19.7. The highest BCUT2D eigenvalue weighted by atomic mass is 16.3. The molecule has 0 aromatic carbocycles. The van der Waals surface area contributed by atoms with Crippen LogP contribution in [0.4, 0.5) is 0 Å². The Kier molecular flexibility index (Phi) is 4.97. The number of carbonyl (C=O) groups excluding carboxylic acids is 1. The van der Waals surface area contributed by atoms with Crippen molar-refractivity contribution in [1.82, 2.24) is 24.6 Å². The van der Waals surface area contributed by atoms with Crippen LogP contribution >= 0.6 is 0 Å². The lowest BCUT2D eigenvalue weighted by Gasteiger charge is -2.33. The molecule has 0 spiro atoms. The molecular weight excluding hydrogens is 330 g/mol. The molecular formula is C19H25N5O2. The Morgan fingerprint density at radius 3 is 2.73 bits per heavy atom. The highest BCUT2D eigenvalue weighted by Gasteiger charge is 2.31. The topological polar surface area (TPSA) is 84.1 Å². The van der Waals surface area contributed by atoms with E-state index in [0.717, 1.165) is 44.5 Å². The summed E-state index contributed by atoms with van der Waals surface area (Å²) in [6.07, 6.45) is 6.93. The minimum Gasteiger partial charge on any atom is -0.387 e. The van der Waals surface area contributed by atoms with Crippen molar-refractivity contribution in [3.8, 4) is 0 Å². The van der Waals surface area contributed by atoms with Crippen LogP contribution in [-0.2, 0) is 13.0 Å². The second kappa shape index (κ2) is 7.53. The summed E-state index contributed by atoms with van der Waals surface area (Å²) in [5.74, 6) is 1.51. The molecule has 1 N–H and O–H groups in total. The van der Waals surface area contributed by atoms with Gasteiger partial charge in [-0.15, -0.1) is 10.2 Å². The Bertz CT molecular complexity index is 753. The third-order valence-electron chi connectivity index (χ3n) is 5.56. The van der Waals surface area contributed by atoms with Crippen LogP contribution in [0.1, 0.15) is 60.3 Å². The molecule has 1 atom stereocenters. The molecule has 2 aromatic rings. The van der Waals surface area contributed by atoms with E-state index in [1.54, 1.807) is 6.20 Å². The number of aliphatic hydroxyl groups excluding tert-OH is 1. The second-order valence-electron chi connectivity index (χ2n) is 7.23. The number of carbonyl (C=O) groups is 1. The largest absolute Gasteiger partial charge is 0.387 e. The van der Waals surface area contributed by atoms with Gasteiger partial charge in [-0.2, -0.15) is 0 Å². The molecule has 0 radical (unpaired) electrons. The summed E-state index contributed by atoms with van der Waals surface area (Å²) in [6.45, 7) is 2.10. The highest BCUT2D eigenvalue weighted by molar-refractivity contribution is 5.90. The third kappa shape index (κ3) is 3.35. The number of aryl methyl sites for hydroxylation is 1. The Hall–Kier alpha value is -2.28. The molecule has 1 amide bonds. The Labute approximate surface area is 153 Å². The predicted octanol–water partition coefficient (Wildman–Crippen LogP) is 1.99. The van der Waals surface area contributed by atoms with Gasteiger partial charge in [-0.25, -0.2) is 0 Å². The maximum absolute atomic E-state index is 12.9. The number of pyridine rings is 1. The van der Waals surface area contributed by atoms with Crippen LogP contribution in [0, 0.1) is 5.92 Å². The van der Waals surface area contributed by atoms with Crippen molar-refractivity contribution in [3.63, 3.8) is 0 Å². The molecule has 4 heterocycles. The van der Waals surface area contributed by atoms with E-state index in [-0.39, 0.29) is 11.8 Å². The minimum absolute atomic E-state index is 0.0311. The monoisotopic (exact) mass is 355 g/mol. The van der Waals surface area contributed by atoms with Crippen molar-refractivity contribution in [2.24, 2.45) is 5.92 Å².